The molecule has 138 valence electrons. The molecule has 24 heavy (non-hydrogen) atoms. The molecule has 6 unspecified atom stereocenters. The second-order valence-corrected chi connectivity index (χ2v) is 9.39. The topological polar surface area (TPSA) is 80.9 Å². The Bertz CT molecular complexity index is 514. The molecule has 3 rings (SSSR count). The summed E-state index contributed by atoms with van der Waals surface area (Å²) in [6.45, 7) is 6.64. The van der Waals surface area contributed by atoms with E-state index in [0.717, 1.165) is 37.7 Å². The maximum atomic E-state index is 11.0. The van der Waals surface area contributed by atoms with Gasteiger partial charge in [0.2, 0.25) is 0 Å². The Morgan fingerprint density at radius 3 is 2.33 bits per heavy atom. The molecule has 2 saturated carbocycles. The molecule has 2 fully saturated rings. The molecule has 0 bridgehead atoms. The molecule has 0 aromatic rings. The minimum Gasteiger partial charge on any atom is -0.396 e. The standard InChI is InChI=1S/C20H34O4/c1-18(2)14-6-9-20(12-22)15(19(14,3)8-7-16(18)23)5-4-13(11-21)10-17(20)24/h4,14-17,21-24H,5-12H2,1-3H3. The van der Waals surface area contributed by atoms with Crippen LogP contribution in [0.5, 0.6) is 0 Å². The van der Waals surface area contributed by atoms with Crippen LogP contribution in [0, 0.1) is 28.1 Å². The first-order chi connectivity index (χ1) is 11.2. The fourth-order valence-corrected chi connectivity index (χ4v) is 6.58. The summed E-state index contributed by atoms with van der Waals surface area (Å²) in [5.41, 5.74) is 0.249. The van der Waals surface area contributed by atoms with Crippen LogP contribution in [-0.2, 0) is 0 Å². The molecule has 0 saturated heterocycles. The number of hydrogen-bond acceptors (Lipinski definition) is 4. The molecule has 3 aliphatic rings. The van der Waals surface area contributed by atoms with Gasteiger partial charge >= 0.3 is 0 Å². The van der Waals surface area contributed by atoms with Gasteiger partial charge in [0.15, 0.2) is 0 Å². The van der Waals surface area contributed by atoms with Gasteiger partial charge in [-0.1, -0.05) is 26.8 Å². The third kappa shape index (κ3) is 2.41. The van der Waals surface area contributed by atoms with Crippen molar-refractivity contribution in [1.29, 1.82) is 0 Å². The maximum absolute atomic E-state index is 11.0. The van der Waals surface area contributed by atoms with E-state index in [9.17, 15) is 20.4 Å². The van der Waals surface area contributed by atoms with Crippen molar-refractivity contribution in [2.75, 3.05) is 13.2 Å². The molecule has 0 aromatic heterocycles. The molecule has 0 radical (unpaired) electrons. The van der Waals surface area contributed by atoms with E-state index in [1.165, 1.54) is 0 Å². The fraction of sp³-hybridized carbons (Fsp3) is 0.900. The van der Waals surface area contributed by atoms with Crippen molar-refractivity contribution in [3.8, 4) is 0 Å². The van der Waals surface area contributed by atoms with Gasteiger partial charge in [0.25, 0.3) is 0 Å². The molecule has 0 spiro atoms. The highest BCUT2D eigenvalue weighted by atomic mass is 16.3. The predicted molar refractivity (Wildman–Crippen MR) is 93.3 cm³/mol. The van der Waals surface area contributed by atoms with Gasteiger partial charge in [0.05, 0.1) is 25.4 Å². The van der Waals surface area contributed by atoms with E-state index < -0.39 is 11.5 Å². The Kier molecular flexibility index (Phi) is 4.66. The van der Waals surface area contributed by atoms with Gasteiger partial charge in [-0.3, -0.25) is 0 Å². The van der Waals surface area contributed by atoms with E-state index in [0.29, 0.717) is 12.3 Å². The summed E-state index contributed by atoms with van der Waals surface area (Å²) in [4.78, 5) is 0. The van der Waals surface area contributed by atoms with Gasteiger partial charge in [-0.2, -0.15) is 0 Å². The minimum absolute atomic E-state index is 0.00330. The SMILES string of the molecule is CC1(C)C(O)CCC2(C)C1CCC1(CO)C(O)CC(CO)=CCC21. The molecule has 0 amide bonds. The number of aliphatic hydroxyl groups is 4. The lowest BCUT2D eigenvalue weighted by Gasteiger charge is -2.64. The van der Waals surface area contributed by atoms with Crippen LogP contribution in [0.25, 0.3) is 0 Å². The van der Waals surface area contributed by atoms with Gasteiger partial charge in [0, 0.05) is 5.41 Å². The first-order valence-electron chi connectivity index (χ1n) is 9.48. The highest BCUT2D eigenvalue weighted by Gasteiger charge is 2.63. The van der Waals surface area contributed by atoms with E-state index in [1.54, 1.807) is 0 Å². The van der Waals surface area contributed by atoms with Crippen molar-refractivity contribution in [2.24, 2.45) is 28.1 Å². The zero-order valence-electron chi connectivity index (χ0n) is 15.3. The first-order valence-corrected chi connectivity index (χ1v) is 9.48. The third-order valence-electron chi connectivity index (χ3n) is 8.16. The molecule has 0 aliphatic heterocycles. The molecule has 4 nitrogen and oxygen atoms in total. The van der Waals surface area contributed by atoms with Crippen LogP contribution in [0.2, 0.25) is 0 Å². The highest BCUT2D eigenvalue weighted by molar-refractivity contribution is 5.18. The van der Waals surface area contributed by atoms with Crippen LogP contribution in [0.15, 0.2) is 11.6 Å². The summed E-state index contributed by atoms with van der Waals surface area (Å²) in [5, 5.41) is 41.4. The maximum Gasteiger partial charge on any atom is 0.0659 e. The number of fused-ring (bicyclic) bond motifs is 3. The number of aliphatic hydroxyl groups excluding tert-OH is 4. The summed E-state index contributed by atoms with van der Waals surface area (Å²) < 4.78 is 0. The molecule has 4 heteroatoms. The zero-order chi connectivity index (χ0) is 17.8. The van der Waals surface area contributed by atoms with Gasteiger partial charge in [-0.25, -0.2) is 0 Å². The number of rotatable bonds is 2. The predicted octanol–water partition coefficient (Wildman–Crippen LogP) is 2.25. The smallest absolute Gasteiger partial charge is 0.0659 e. The van der Waals surface area contributed by atoms with Crippen molar-refractivity contribution < 1.29 is 20.4 Å². The summed E-state index contributed by atoms with van der Waals surface area (Å²) in [6.07, 6.45) is 5.90. The summed E-state index contributed by atoms with van der Waals surface area (Å²) in [5.74, 6) is 0.564. The second kappa shape index (κ2) is 6.08. The van der Waals surface area contributed by atoms with E-state index in [-0.39, 0.29) is 36.1 Å². The van der Waals surface area contributed by atoms with Crippen molar-refractivity contribution >= 4 is 0 Å². The molecule has 3 aliphatic carbocycles. The highest BCUT2D eigenvalue weighted by Crippen LogP contribution is 2.66. The van der Waals surface area contributed by atoms with Gasteiger partial charge in [0.1, 0.15) is 0 Å². The van der Waals surface area contributed by atoms with Crippen LogP contribution < -0.4 is 0 Å². The average Bonchev–Trinajstić information content (AvgIpc) is 2.69. The molecular formula is C20H34O4. The lowest BCUT2D eigenvalue weighted by molar-refractivity contribution is -0.204. The van der Waals surface area contributed by atoms with E-state index in [1.807, 2.05) is 0 Å². The lowest BCUT2D eigenvalue weighted by Crippen LogP contribution is -2.62. The van der Waals surface area contributed by atoms with E-state index in [2.05, 4.69) is 26.8 Å². The number of allylic oxidation sites excluding steroid dienone is 1. The van der Waals surface area contributed by atoms with Gasteiger partial charge in [-0.05, 0) is 66.8 Å². The Morgan fingerprint density at radius 1 is 1.00 bits per heavy atom. The van der Waals surface area contributed by atoms with Crippen molar-refractivity contribution in [3.05, 3.63) is 11.6 Å². The second-order valence-electron chi connectivity index (χ2n) is 9.39. The first kappa shape index (κ1) is 18.4. The normalized spacial score (nSPS) is 48.0. The van der Waals surface area contributed by atoms with Crippen LogP contribution in [0.4, 0.5) is 0 Å². The summed E-state index contributed by atoms with van der Waals surface area (Å²) in [6, 6.07) is 0. The van der Waals surface area contributed by atoms with Crippen LogP contribution in [0.1, 0.15) is 59.3 Å². The third-order valence-corrected chi connectivity index (χ3v) is 8.16. The minimum atomic E-state index is -0.610. The molecule has 0 aromatic carbocycles. The van der Waals surface area contributed by atoms with E-state index >= 15 is 0 Å². The fourth-order valence-electron chi connectivity index (χ4n) is 6.58. The monoisotopic (exact) mass is 338 g/mol. The van der Waals surface area contributed by atoms with Crippen LogP contribution >= 0.6 is 0 Å². The van der Waals surface area contributed by atoms with Crippen LogP contribution in [0.3, 0.4) is 0 Å². The largest absolute Gasteiger partial charge is 0.396 e. The Morgan fingerprint density at radius 2 is 1.71 bits per heavy atom. The average molecular weight is 338 g/mol. The molecular weight excluding hydrogens is 304 g/mol. The molecule has 4 N–H and O–H groups in total. The summed E-state index contributed by atoms with van der Waals surface area (Å²) >= 11 is 0. The quantitative estimate of drug-likeness (QED) is 0.582. The van der Waals surface area contributed by atoms with Crippen molar-refractivity contribution in [1.82, 2.24) is 0 Å². The van der Waals surface area contributed by atoms with Gasteiger partial charge < -0.3 is 20.4 Å². The van der Waals surface area contributed by atoms with Crippen molar-refractivity contribution in [3.63, 3.8) is 0 Å². The lowest BCUT2D eigenvalue weighted by atomic mass is 9.41. The Balaban J connectivity index is 2.05. The Labute approximate surface area is 145 Å². The van der Waals surface area contributed by atoms with Crippen molar-refractivity contribution in [2.45, 2.75) is 71.5 Å². The van der Waals surface area contributed by atoms with Gasteiger partial charge in [-0.15, -0.1) is 0 Å². The zero-order valence-corrected chi connectivity index (χ0v) is 15.3. The number of hydrogen-bond donors (Lipinski definition) is 4. The Hall–Kier alpha value is -0.420. The van der Waals surface area contributed by atoms with Crippen LogP contribution in [-0.4, -0.2) is 45.8 Å². The summed E-state index contributed by atoms with van der Waals surface area (Å²) in [7, 11) is 0. The molecule has 0 heterocycles. The molecule has 6 atom stereocenters. The van der Waals surface area contributed by atoms with E-state index in [4.69, 9.17) is 0 Å².